The Labute approximate surface area is 158 Å². The van der Waals surface area contributed by atoms with Gasteiger partial charge >= 0.3 is 6.03 Å². The second-order valence-corrected chi connectivity index (χ2v) is 6.76. The lowest BCUT2D eigenvalue weighted by Crippen LogP contribution is -2.39. The molecule has 1 aliphatic heterocycles. The van der Waals surface area contributed by atoms with E-state index < -0.39 is 0 Å². The van der Waals surface area contributed by atoms with E-state index in [4.69, 9.17) is 11.6 Å². The SMILES string of the molecule is O=C(Cc1ccccc1)N1CCCN(C(=O)Nc2ccc(Cl)cc2)CC1. The average Bonchev–Trinajstić information content (AvgIpc) is 2.91. The first-order chi connectivity index (χ1) is 12.6. The fraction of sp³-hybridized carbons (Fsp3) is 0.300. The van der Waals surface area contributed by atoms with E-state index in [2.05, 4.69) is 5.32 Å². The fourth-order valence-corrected chi connectivity index (χ4v) is 3.11. The quantitative estimate of drug-likeness (QED) is 0.895. The van der Waals surface area contributed by atoms with Crippen LogP contribution in [0.3, 0.4) is 0 Å². The fourth-order valence-electron chi connectivity index (χ4n) is 2.99. The van der Waals surface area contributed by atoms with Crippen LogP contribution in [0, 0.1) is 0 Å². The first-order valence-corrected chi connectivity index (χ1v) is 9.13. The molecule has 0 aromatic heterocycles. The molecular formula is C20H22ClN3O2. The van der Waals surface area contributed by atoms with E-state index >= 15 is 0 Å². The van der Waals surface area contributed by atoms with Gasteiger partial charge in [0.15, 0.2) is 0 Å². The van der Waals surface area contributed by atoms with Crippen LogP contribution in [0.5, 0.6) is 0 Å². The highest BCUT2D eigenvalue weighted by atomic mass is 35.5. The zero-order valence-corrected chi connectivity index (χ0v) is 15.3. The van der Waals surface area contributed by atoms with Crippen molar-refractivity contribution in [2.45, 2.75) is 12.8 Å². The van der Waals surface area contributed by atoms with E-state index in [1.54, 1.807) is 29.2 Å². The second-order valence-electron chi connectivity index (χ2n) is 6.32. The zero-order chi connectivity index (χ0) is 18.4. The maximum absolute atomic E-state index is 12.5. The number of halogens is 1. The van der Waals surface area contributed by atoms with Gasteiger partial charge in [-0.25, -0.2) is 4.79 Å². The second kappa shape index (κ2) is 8.72. The van der Waals surface area contributed by atoms with Gasteiger partial charge in [-0.1, -0.05) is 41.9 Å². The normalized spacial score (nSPS) is 14.7. The molecule has 1 heterocycles. The minimum Gasteiger partial charge on any atom is -0.341 e. The number of anilines is 1. The number of nitrogens with one attached hydrogen (secondary N) is 1. The van der Waals surface area contributed by atoms with E-state index in [1.165, 1.54) is 0 Å². The summed E-state index contributed by atoms with van der Waals surface area (Å²) in [6, 6.07) is 16.6. The number of nitrogens with zero attached hydrogens (tertiary/aromatic N) is 2. The molecule has 1 N–H and O–H groups in total. The van der Waals surface area contributed by atoms with Crippen molar-refractivity contribution in [2.24, 2.45) is 0 Å². The molecule has 26 heavy (non-hydrogen) atoms. The van der Waals surface area contributed by atoms with Gasteiger partial charge < -0.3 is 15.1 Å². The molecule has 3 rings (SSSR count). The molecule has 136 valence electrons. The number of rotatable bonds is 3. The van der Waals surface area contributed by atoms with Crippen LogP contribution in [0.4, 0.5) is 10.5 Å². The van der Waals surface area contributed by atoms with Crippen molar-refractivity contribution in [3.05, 3.63) is 65.2 Å². The van der Waals surface area contributed by atoms with Gasteiger partial charge in [0.2, 0.25) is 5.91 Å². The predicted molar refractivity (Wildman–Crippen MR) is 103 cm³/mol. The zero-order valence-electron chi connectivity index (χ0n) is 14.5. The molecule has 0 spiro atoms. The van der Waals surface area contributed by atoms with Crippen molar-refractivity contribution >= 4 is 29.2 Å². The van der Waals surface area contributed by atoms with Crippen LogP contribution in [-0.4, -0.2) is 47.9 Å². The summed E-state index contributed by atoms with van der Waals surface area (Å²) in [6.45, 7) is 2.39. The van der Waals surface area contributed by atoms with Crippen molar-refractivity contribution in [2.75, 3.05) is 31.5 Å². The van der Waals surface area contributed by atoms with Gasteiger partial charge in [-0.15, -0.1) is 0 Å². The summed E-state index contributed by atoms with van der Waals surface area (Å²) in [7, 11) is 0. The molecule has 0 bridgehead atoms. The van der Waals surface area contributed by atoms with Gasteiger partial charge in [0.05, 0.1) is 6.42 Å². The Morgan fingerprint density at radius 3 is 2.27 bits per heavy atom. The molecule has 1 saturated heterocycles. The van der Waals surface area contributed by atoms with Crippen molar-refractivity contribution in [3.63, 3.8) is 0 Å². The minimum atomic E-state index is -0.148. The topological polar surface area (TPSA) is 52.7 Å². The maximum Gasteiger partial charge on any atom is 0.321 e. The first-order valence-electron chi connectivity index (χ1n) is 8.75. The molecule has 6 heteroatoms. The molecule has 1 aliphatic rings. The van der Waals surface area contributed by atoms with E-state index in [0.717, 1.165) is 12.0 Å². The molecule has 0 aliphatic carbocycles. The largest absolute Gasteiger partial charge is 0.341 e. The number of carbonyl (C=O) groups excluding carboxylic acids is 2. The number of amides is 3. The van der Waals surface area contributed by atoms with E-state index in [1.807, 2.05) is 35.2 Å². The Bertz CT molecular complexity index is 749. The lowest BCUT2D eigenvalue weighted by molar-refractivity contribution is -0.130. The summed E-state index contributed by atoms with van der Waals surface area (Å²) in [5.41, 5.74) is 1.72. The van der Waals surface area contributed by atoms with Crippen molar-refractivity contribution in [1.29, 1.82) is 0 Å². The van der Waals surface area contributed by atoms with Crippen molar-refractivity contribution in [1.82, 2.24) is 9.80 Å². The molecule has 3 amide bonds. The highest BCUT2D eigenvalue weighted by Gasteiger charge is 2.22. The average molecular weight is 372 g/mol. The molecule has 0 unspecified atom stereocenters. The van der Waals surface area contributed by atoms with Crippen LogP contribution in [0.15, 0.2) is 54.6 Å². The lowest BCUT2D eigenvalue weighted by atomic mass is 10.1. The Morgan fingerprint density at radius 2 is 1.54 bits per heavy atom. The Balaban J connectivity index is 1.53. The number of urea groups is 1. The van der Waals surface area contributed by atoms with Crippen LogP contribution >= 0.6 is 11.6 Å². The Kier molecular flexibility index (Phi) is 6.12. The number of carbonyl (C=O) groups is 2. The molecular weight excluding hydrogens is 350 g/mol. The first kappa shape index (κ1) is 18.3. The maximum atomic E-state index is 12.5. The monoisotopic (exact) mass is 371 g/mol. The van der Waals surface area contributed by atoms with Gasteiger partial charge in [-0.05, 0) is 36.2 Å². The van der Waals surface area contributed by atoms with Crippen LogP contribution in [0.25, 0.3) is 0 Å². The molecule has 1 fully saturated rings. The summed E-state index contributed by atoms with van der Waals surface area (Å²) < 4.78 is 0. The molecule has 2 aromatic rings. The summed E-state index contributed by atoms with van der Waals surface area (Å²) in [4.78, 5) is 28.6. The van der Waals surface area contributed by atoms with E-state index in [0.29, 0.717) is 43.3 Å². The standard InChI is InChI=1S/C20H22ClN3O2/c21-17-7-9-18(10-8-17)22-20(26)24-12-4-11-23(13-14-24)19(25)15-16-5-2-1-3-6-16/h1-3,5-10H,4,11-15H2,(H,22,26). The number of benzene rings is 2. The molecule has 2 aromatic carbocycles. The minimum absolute atomic E-state index is 0.108. The van der Waals surface area contributed by atoms with Gasteiger partial charge in [-0.2, -0.15) is 0 Å². The van der Waals surface area contributed by atoms with Crippen LogP contribution in [-0.2, 0) is 11.2 Å². The van der Waals surface area contributed by atoms with Crippen LogP contribution in [0.2, 0.25) is 5.02 Å². The third-order valence-electron chi connectivity index (χ3n) is 4.43. The third kappa shape index (κ3) is 4.99. The van der Waals surface area contributed by atoms with E-state index in [9.17, 15) is 9.59 Å². The number of hydrogen-bond donors (Lipinski definition) is 1. The molecule has 0 saturated carbocycles. The highest BCUT2D eigenvalue weighted by Crippen LogP contribution is 2.15. The molecule has 5 nitrogen and oxygen atoms in total. The lowest BCUT2D eigenvalue weighted by Gasteiger charge is -2.22. The number of hydrogen-bond acceptors (Lipinski definition) is 2. The highest BCUT2D eigenvalue weighted by molar-refractivity contribution is 6.30. The van der Waals surface area contributed by atoms with Crippen LogP contribution < -0.4 is 5.32 Å². The third-order valence-corrected chi connectivity index (χ3v) is 4.68. The molecule has 0 atom stereocenters. The molecule has 0 radical (unpaired) electrons. The Morgan fingerprint density at radius 1 is 0.885 bits per heavy atom. The summed E-state index contributed by atoms with van der Waals surface area (Å²) in [5.74, 6) is 0.108. The van der Waals surface area contributed by atoms with Crippen LogP contribution in [0.1, 0.15) is 12.0 Å². The van der Waals surface area contributed by atoms with Gasteiger partial charge in [0, 0.05) is 36.9 Å². The van der Waals surface area contributed by atoms with Crippen molar-refractivity contribution in [3.8, 4) is 0 Å². The van der Waals surface area contributed by atoms with Gasteiger partial charge in [-0.3, -0.25) is 4.79 Å². The van der Waals surface area contributed by atoms with Crippen molar-refractivity contribution < 1.29 is 9.59 Å². The van der Waals surface area contributed by atoms with Gasteiger partial charge in [0.25, 0.3) is 0 Å². The van der Waals surface area contributed by atoms with E-state index in [-0.39, 0.29) is 11.9 Å². The smallest absolute Gasteiger partial charge is 0.321 e. The summed E-state index contributed by atoms with van der Waals surface area (Å²) >= 11 is 5.86. The Hall–Kier alpha value is -2.53. The summed E-state index contributed by atoms with van der Waals surface area (Å²) in [6.07, 6.45) is 1.17. The summed E-state index contributed by atoms with van der Waals surface area (Å²) in [5, 5.41) is 3.51. The van der Waals surface area contributed by atoms with Gasteiger partial charge in [0.1, 0.15) is 0 Å². The predicted octanol–water partition coefficient (Wildman–Crippen LogP) is 3.65.